The molecule has 0 unspecified atom stereocenters. The number of anilines is 3. The number of hydrogen-bond acceptors (Lipinski definition) is 7. The molecule has 0 bridgehead atoms. The molecule has 3 N–H and O–H groups in total. The van der Waals surface area contributed by atoms with Crippen molar-refractivity contribution in [1.29, 1.82) is 0 Å². The molecule has 0 aliphatic heterocycles. The van der Waals surface area contributed by atoms with Gasteiger partial charge >= 0.3 is 5.97 Å². The van der Waals surface area contributed by atoms with Crippen LogP contribution < -0.4 is 11.1 Å². The predicted octanol–water partition coefficient (Wildman–Crippen LogP) is 3.46. The zero-order valence-corrected chi connectivity index (χ0v) is 14.5. The lowest BCUT2D eigenvalue weighted by Crippen LogP contribution is -2.11. The summed E-state index contributed by atoms with van der Waals surface area (Å²) < 4.78 is 5.89. The van der Waals surface area contributed by atoms with Gasteiger partial charge in [0.05, 0.1) is 18.0 Å². The lowest BCUT2D eigenvalue weighted by Gasteiger charge is -2.12. The van der Waals surface area contributed by atoms with Crippen molar-refractivity contribution in [2.75, 3.05) is 23.9 Å². The summed E-state index contributed by atoms with van der Waals surface area (Å²) in [4.78, 5) is 20.4. The molecular weight excluding hydrogens is 368 g/mol. The van der Waals surface area contributed by atoms with Crippen LogP contribution in [0.3, 0.4) is 0 Å². The van der Waals surface area contributed by atoms with E-state index in [1.54, 1.807) is 19.1 Å². The molecule has 2 rings (SSSR count). The van der Waals surface area contributed by atoms with Crippen molar-refractivity contribution >= 4 is 50.9 Å². The highest BCUT2D eigenvalue weighted by molar-refractivity contribution is 9.10. The van der Waals surface area contributed by atoms with Gasteiger partial charge in [-0.3, -0.25) is 0 Å². The SMILES string of the molecule is CCOC(=O)c1cnc(SC)nc1Nc1ccc(Br)cc1N. The molecular formula is C14H15BrN4O2S. The number of nitrogens with two attached hydrogens (primary N) is 1. The van der Waals surface area contributed by atoms with Crippen LogP contribution in [0.1, 0.15) is 17.3 Å². The van der Waals surface area contributed by atoms with Crippen LogP contribution in [-0.4, -0.2) is 28.8 Å². The Morgan fingerprint density at radius 2 is 2.27 bits per heavy atom. The molecule has 1 aromatic heterocycles. The molecule has 1 aromatic carbocycles. The Labute approximate surface area is 141 Å². The number of aromatic nitrogens is 2. The summed E-state index contributed by atoms with van der Waals surface area (Å²) in [7, 11) is 0. The molecule has 6 nitrogen and oxygen atoms in total. The first-order valence-corrected chi connectivity index (χ1v) is 8.47. The van der Waals surface area contributed by atoms with Gasteiger partial charge in [0.15, 0.2) is 5.16 Å². The van der Waals surface area contributed by atoms with Gasteiger partial charge in [-0.15, -0.1) is 0 Å². The Balaban J connectivity index is 2.40. The van der Waals surface area contributed by atoms with E-state index in [1.165, 1.54) is 18.0 Å². The Hall–Kier alpha value is -1.80. The number of carbonyl (C=O) groups is 1. The minimum atomic E-state index is -0.478. The molecule has 0 aliphatic carbocycles. The van der Waals surface area contributed by atoms with E-state index < -0.39 is 5.97 Å². The molecule has 0 spiro atoms. The number of carbonyl (C=O) groups excluding carboxylic acids is 1. The fourth-order valence-corrected chi connectivity index (χ4v) is 2.41. The highest BCUT2D eigenvalue weighted by Gasteiger charge is 2.16. The number of hydrogen-bond donors (Lipinski definition) is 2. The van der Waals surface area contributed by atoms with E-state index in [1.807, 2.05) is 12.3 Å². The van der Waals surface area contributed by atoms with Crippen molar-refractivity contribution in [2.24, 2.45) is 0 Å². The van der Waals surface area contributed by atoms with Crippen LogP contribution in [0.4, 0.5) is 17.2 Å². The van der Waals surface area contributed by atoms with Gasteiger partial charge in [0.1, 0.15) is 11.4 Å². The third-order valence-corrected chi connectivity index (χ3v) is 3.77. The molecule has 0 saturated heterocycles. The number of nitrogens with one attached hydrogen (secondary N) is 1. The van der Waals surface area contributed by atoms with E-state index in [9.17, 15) is 4.79 Å². The Morgan fingerprint density at radius 1 is 1.50 bits per heavy atom. The molecule has 1 heterocycles. The number of esters is 1. The molecule has 0 atom stereocenters. The first-order chi connectivity index (χ1) is 10.5. The number of nitrogens with zero attached hydrogens (tertiary/aromatic N) is 2. The minimum Gasteiger partial charge on any atom is -0.462 e. The van der Waals surface area contributed by atoms with Gasteiger partial charge in [-0.1, -0.05) is 27.7 Å². The Kier molecular flexibility index (Phi) is 5.62. The van der Waals surface area contributed by atoms with Crippen LogP contribution in [0.5, 0.6) is 0 Å². The van der Waals surface area contributed by atoms with Crippen molar-refractivity contribution in [2.45, 2.75) is 12.1 Å². The smallest absolute Gasteiger partial charge is 0.343 e. The fraction of sp³-hybridized carbons (Fsp3) is 0.214. The lowest BCUT2D eigenvalue weighted by atomic mass is 10.2. The summed E-state index contributed by atoms with van der Waals surface area (Å²) in [6, 6.07) is 5.41. The van der Waals surface area contributed by atoms with Crippen molar-refractivity contribution < 1.29 is 9.53 Å². The van der Waals surface area contributed by atoms with Crippen LogP contribution in [0.25, 0.3) is 0 Å². The molecule has 0 radical (unpaired) electrons. The third kappa shape index (κ3) is 3.89. The van der Waals surface area contributed by atoms with Crippen LogP contribution in [-0.2, 0) is 4.74 Å². The third-order valence-electron chi connectivity index (χ3n) is 2.71. The number of halogens is 1. The lowest BCUT2D eigenvalue weighted by molar-refractivity contribution is 0.0526. The van der Waals surface area contributed by atoms with Crippen molar-refractivity contribution in [3.05, 3.63) is 34.4 Å². The van der Waals surface area contributed by atoms with Crippen molar-refractivity contribution in [3.63, 3.8) is 0 Å². The summed E-state index contributed by atoms with van der Waals surface area (Å²) in [5.41, 5.74) is 7.42. The van der Waals surface area contributed by atoms with Crippen LogP contribution in [0.15, 0.2) is 34.0 Å². The quantitative estimate of drug-likeness (QED) is 0.354. The fourth-order valence-electron chi connectivity index (χ4n) is 1.69. The second kappa shape index (κ2) is 7.46. The molecule has 0 saturated carbocycles. The van der Waals surface area contributed by atoms with Crippen LogP contribution in [0.2, 0.25) is 0 Å². The van der Waals surface area contributed by atoms with E-state index in [-0.39, 0.29) is 12.2 Å². The summed E-state index contributed by atoms with van der Waals surface area (Å²) in [6.07, 6.45) is 3.31. The highest BCUT2D eigenvalue weighted by Crippen LogP contribution is 2.28. The first-order valence-electron chi connectivity index (χ1n) is 6.45. The zero-order valence-electron chi connectivity index (χ0n) is 12.1. The van der Waals surface area contributed by atoms with E-state index in [0.717, 1.165) is 4.47 Å². The Morgan fingerprint density at radius 3 is 2.91 bits per heavy atom. The van der Waals surface area contributed by atoms with E-state index in [4.69, 9.17) is 10.5 Å². The number of rotatable bonds is 5. The second-order valence-electron chi connectivity index (χ2n) is 4.20. The van der Waals surface area contributed by atoms with Gasteiger partial charge in [-0.2, -0.15) is 0 Å². The van der Waals surface area contributed by atoms with E-state index >= 15 is 0 Å². The number of nitrogen functional groups attached to an aromatic ring is 1. The largest absolute Gasteiger partial charge is 0.462 e. The topological polar surface area (TPSA) is 90.1 Å². The molecule has 0 aliphatic rings. The molecule has 8 heteroatoms. The van der Waals surface area contributed by atoms with Gasteiger partial charge in [-0.25, -0.2) is 14.8 Å². The van der Waals surface area contributed by atoms with Gasteiger partial charge < -0.3 is 15.8 Å². The highest BCUT2D eigenvalue weighted by atomic mass is 79.9. The molecule has 0 fully saturated rings. The first kappa shape index (κ1) is 16.6. The van der Waals surface area contributed by atoms with Crippen molar-refractivity contribution in [3.8, 4) is 0 Å². The maximum Gasteiger partial charge on any atom is 0.343 e. The van der Waals surface area contributed by atoms with E-state index in [2.05, 4.69) is 31.2 Å². The van der Waals surface area contributed by atoms with Crippen LogP contribution in [0, 0.1) is 0 Å². The predicted molar refractivity (Wildman–Crippen MR) is 91.6 cm³/mol. The van der Waals surface area contributed by atoms with Gasteiger partial charge in [0, 0.05) is 10.7 Å². The maximum absolute atomic E-state index is 12.0. The average Bonchev–Trinajstić information content (AvgIpc) is 2.50. The molecule has 0 amide bonds. The van der Waals surface area contributed by atoms with Gasteiger partial charge in [0.25, 0.3) is 0 Å². The zero-order chi connectivity index (χ0) is 16.1. The summed E-state index contributed by atoms with van der Waals surface area (Å²) in [6.45, 7) is 2.03. The average molecular weight is 383 g/mol. The van der Waals surface area contributed by atoms with Gasteiger partial charge in [-0.05, 0) is 31.4 Å². The standard InChI is InChI=1S/C14H15BrN4O2S/c1-3-21-13(20)9-7-17-14(22-2)19-12(9)18-11-5-4-8(15)6-10(11)16/h4-7H,3,16H2,1-2H3,(H,17,18,19). The van der Waals surface area contributed by atoms with E-state index in [0.29, 0.717) is 22.3 Å². The monoisotopic (exact) mass is 382 g/mol. The summed E-state index contributed by atoms with van der Waals surface area (Å²) in [5.74, 6) is -0.111. The van der Waals surface area contributed by atoms with Gasteiger partial charge in [0.2, 0.25) is 0 Å². The Bertz CT molecular complexity index is 697. The number of thioether (sulfide) groups is 1. The van der Waals surface area contributed by atoms with Crippen LogP contribution >= 0.6 is 27.7 Å². The summed E-state index contributed by atoms with van der Waals surface area (Å²) in [5, 5.41) is 3.62. The summed E-state index contributed by atoms with van der Waals surface area (Å²) >= 11 is 4.73. The molecule has 2 aromatic rings. The number of benzene rings is 1. The maximum atomic E-state index is 12.0. The minimum absolute atomic E-state index is 0.266. The number of ether oxygens (including phenoxy) is 1. The normalized spacial score (nSPS) is 10.3. The molecule has 22 heavy (non-hydrogen) atoms. The van der Waals surface area contributed by atoms with Crippen molar-refractivity contribution in [1.82, 2.24) is 9.97 Å². The molecule has 116 valence electrons. The second-order valence-corrected chi connectivity index (χ2v) is 5.89.